The van der Waals surface area contributed by atoms with Gasteiger partial charge in [-0.1, -0.05) is 12.8 Å². The molecule has 0 spiro atoms. The summed E-state index contributed by atoms with van der Waals surface area (Å²) in [7, 11) is 0. The van der Waals surface area contributed by atoms with Crippen molar-refractivity contribution in [1.29, 1.82) is 0 Å². The number of nitrogens with one attached hydrogen (secondary N) is 2. The van der Waals surface area contributed by atoms with Crippen molar-refractivity contribution in [2.45, 2.75) is 31.7 Å². The molecule has 5 nitrogen and oxygen atoms in total. The minimum absolute atomic E-state index is 0.0342. The Morgan fingerprint density at radius 2 is 2.17 bits per heavy atom. The zero-order valence-corrected chi connectivity index (χ0v) is 10.3. The van der Waals surface area contributed by atoms with Gasteiger partial charge in [-0.25, -0.2) is 0 Å². The molecule has 1 saturated carbocycles. The summed E-state index contributed by atoms with van der Waals surface area (Å²) < 4.78 is 0. The van der Waals surface area contributed by atoms with Crippen LogP contribution in [0.3, 0.4) is 0 Å². The van der Waals surface area contributed by atoms with Crippen molar-refractivity contribution >= 4 is 5.91 Å². The number of carbonyl (C=O) groups excluding carboxylic acids is 1. The molecule has 18 heavy (non-hydrogen) atoms. The number of carbonyl (C=O) groups is 1. The number of aromatic amines is 1. The lowest BCUT2D eigenvalue weighted by molar-refractivity contribution is 0.0924. The van der Waals surface area contributed by atoms with Gasteiger partial charge >= 0.3 is 0 Å². The van der Waals surface area contributed by atoms with Crippen LogP contribution in [0.4, 0.5) is 0 Å². The molecule has 1 atom stereocenters. The largest absolute Gasteiger partial charge is 0.348 e. The second-order valence-corrected chi connectivity index (χ2v) is 4.80. The van der Waals surface area contributed by atoms with E-state index in [4.69, 9.17) is 5.73 Å². The first-order valence-electron chi connectivity index (χ1n) is 6.40. The summed E-state index contributed by atoms with van der Waals surface area (Å²) in [5, 5.41) is 2.96. The van der Waals surface area contributed by atoms with Crippen LogP contribution in [0.25, 0.3) is 0 Å². The van der Waals surface area contributed by atoms with Gasteiger partial charge in [-0.2, -0.15) is 0 Å². The fraction of sp³-hybridized carbons (Fsp3) is 0.538. The molecule has 0 radical (unpaired) electrons. The average Bonchev–Trinajstić information content (AvgIpc) is 2.90. The summed E-state index contributed by atoms with van der Waals surface area (Å²) in [6.45, 7) is 0.458. The summed E-state index contributed by atoms with van der Waals surface area (Å²) in [6.07, 6.45) is 6.13. The van der Waals surface area contributed by atoms with Gasteiger partial charge in [0.05, 0.1) is 5.56 Å². The van der Waals surface area contributed by atoms with E-state index in [9.17, 15) is 9.59 Å². The van der Waals surface area contributed by atoms with Gasteiger partial charge in [-0.3, -0.25) is 9.59 Å². The molecule has 2 rings (SSSR count). The molecule has 0 aliphatic heterocycles. The molecule has 1 aromatic heterocycles. The Kier molecular flexibility index (Phi) is 4.15. The third-order valence-electron chi connectivity index (χ3n) is 3.59. The van der Waals surface area contributed by atoms with Crippen molar-refractivity contribution < 1.29 is 4.79 Å². The number of hydrogen-bond donors (Lipinski definition) is 3. The molecular weight excluding hydrogens is 230 g/mol. The number of rotatable bonds is 4. The summed E-state index contributed by atoms with van der Waals surface area (Å²) in [6, 6.07) is 2.91. The Morgan fingerprint density at radius 3 is 2.72 bits per heavy atom. The molecule has 1 heterocycles. The summed E-state index contributed by atoms with van der Waals surface area (Å²) in [5.74, 6) is 0.315. The van der Waals surface area contributed by atoms with Crippen LogP contribution in [-0.2, 0) is 0 Å². The van der Waals surface area contributed by atoms with Crippen LogP contribution in [0.1, 0.15) is 36.0 Å². The lowest BCUT2D eigenvalue weighted by Crippen LogP contribution is -2.44. The first-order valence-corrected chi connectivity index (χ1v) is 6.40. The molecule has 1 aliphatic carbocycles. The maximum Gasteiger partial charge on any atom is 0.253 e. The number of hydrogen-bond acceptors (Lipinski definition) is 3. The third-order valence-corrected chi connectivity index (χ3v) is 3.59. The fourth-order valence-electron chi connectivity index (χ4n) is 2.53. The Morgan fingerprint density at radius 1 is 1.44 bits per heavy atom. The Balaban J connectivity index is 2.00. The topological polar surface area (TPSA) is 88.0 Å². The molecule has 1 aliphatic rings. The average molecular weight is 249 g/mol. The van der Waals surface area contributed by atoms with Crippen molar-refractivity contribution in [3.05, 3.63) is 34.2 Å². The molecule has 0 saturated heterocycles. The van der Waals surface area contributed by atoms with E-state index in [0.717, 1.165) is 12.8 Å². The van der Waals surface area contributed by atoms with Crippen LogP contribution in [0, 0.1) is 5.92 Å². The highest BCUT2D eigenvalue weighted by molar-refractivity contribution is 5.94. The zero-order chi connectivity index (χ0) is 13.0. The summed E-state index contributed by atoms with van der Waals surface area (Å²) >= 11 is 0. The van der Waals surface area contributed by atoms with Crippen LogP contribution in [-0.4, -0.2) is 23.5 Å². The highest BCUT2D eigenvalue weighted by Crippen LogP contribution is 2.27. The van der Waals surface area contributed by atoms with Crippen LogP contribution >= 0.6 is 0 Å². The van der Waals surface area contributed by atoms with Gasteiger partial charge < -0.3 is 16.0 Å². The standard InChI is InChI=1S/C13H19N3O2/c14-7-11(9-3-1-2-4-9)16-13(18)10-5-6-12(17)15-8-10/h5-6,8-9,11H,1-4,7,14H2,(H,15,17)(H,16,18). The monoisotopic (exact) mass is 249 g/mol. The molecule has 4 N–H and O–H groups in total. The van der Waals surface area contributed by atoms with Crippen molar-refractivity contribution in [2.24, 2.45) is 11.7 Å². The van der Waals surface area contributed by atoms with Crippen molar-refractivity contribution in [2.75, 3.05) is 6.54 Å². The molecule has 1 fully saturated rings. The van der Waals surface area contributed by atoms with E-state index in [0.29, 0.717) is 18.0 Å². The van der Waals surface area contributed by atoms with Gasteiger partial charge in [0.1, 0.15) is 0 Å². The van der Waals surface area contributed by atoms with E-state index >= 15 is 0 Å². The molecule has 5 heteroatoms. The van der Waals surface area contributed by atoms with Crippen LogP contribution in [0.2, 0.25) is 0 Å². The quantitative estimate of drug-likeness (QED) is 0.731. The SMILES string of the molecule is NCC(NC(=O)c1ccc(=O)[nH]c1)C1CCCC1. The van der Waals surface area contributed by atoms with Crippen LogP contribution < -0.4 is 16.6 Å². The summed E-state index contributed by atoms with van der Waals surface area (Å²) in [4.78, 5) is 25.4. The number of pyridine rings is 1. The highest BCUT2D eigenvalue weighted by atomic mass is 16.2. The second kappa shape index (κ2) is 5.82. The Bertz CT molecular complexity index is 443. The van der Waals surface area contributed by atoms with Crippen molar-refractivity contribution in [1.82, 2.24) is 10.3 Å². The van der Waals surface area contributed by atoms with Gasteiger partial charge in [-0.05, 0) is 24.8 Å². The normalized spacial score (nSPS) is 17.6. The molecule has 1 amide bonds. The number of amides is 1. The van der Waals surface area contributed by atoms with Crippen molar-refractivity contribution in [3.8, 4) is 0 Å². The maximum absolute atomic E-state index is 12.0. The van der Waals surface area contributed by atoms with Gasteiger partial charge in [0.15, 0.2) is 0 Å². The second-order valence-electron chi connectivity index (χ2n) is 4.80. The molecule has 1 aromatic rings. The molecule has 1 unspecified atom stereocenters. The van der Waals surface area contributed by atoms with Gasteiger partial charge in [0, 0.05) is 24.8 Å². The fourth-order valence-corrected chi connectivity index (χ4v) is 2.53. The number of aromatic nitrogens is 1. The van der Waals surface area contributed by atoms with Crippen LogP contribution in [0.5, 0.6) is 0 Å². The Labute approximate surface area is 106 Å². The molecule has 98 valence electrons. The maximum atomic E-state index is 12.0. The number of H-pyrrole nitrogens is 1. The molecular formula is C13H19N3O2. The van der Waals surface area contributed by atoms with E-state index in [1.54, 1.807) is 0 Å². The third kappa shape index (κ3) is 2.98. The predicted molar refractivity (Wildman–Crippen MR) is 69.3 cm³/mol. The highest BCUT2D eigenvalue weighted by Gasteiger charge is 2.25. The van der Waals surface area contributed by atoms with E-state index in [1.807, 2.05) is 0 Å². The summed E-state index contributed by atoms with van der Waals surface area (Å²) in [5.41, 5.74) is 5.98. The van der Waals surface area contributed by atoms with E-state index in [-0.39, 0.29) is 17.5 Å². The Hall–Kier alpha value is -1.62. The van der Waals surface area contributed by atoms with E-state index in [2.05, 4.69) is 10.3 Å². The minimum Gasteiger partial charge on any atom is -0.348 e. The number of nitrogens with two attached hydrogens (primary N) is 1. The van der Waals surface area contributed by atoms with Crippen molar-refractivity contribution in [3.63, 3.8) is 0 Å². The van der Waals surface area contributed by atoms with Gasteiger partial charge in [0.25, 0.3) is 5.91 Å². The van der Waals surface area contributed by atoms with Crippen LogP contribution in [0.15, 0.2) is 23.1 Å². The predicted octanol–water partition coefficient (Wildman–Crippen LogP) is 0.622. The first kappa shape index (κ1) is 12.8. The zero-order valence-electron chi connectivity index (χ0n) is 10.3. The first-order chi connectivity index (χ1) is 8.70. The minimum atomic E-state index is -0.210. The van der Waals surface area contributed by atoms with Gasteiger partial charge in [0.2, 0.25) is 5.56 Å². The molecule has 0 aromatic carbocycles. The lowest BCUT2D eigenvalue weighted by Gasteiger charge is -2.23. The molecule has 0 bridgehead atoms. The lowest BCUT2D eigenvalue weighted by atomic mass is 9.98. The van der Waals surface area contributed by atoms with E-state index < -0.39 is 0 Å². The van der Waals surface area contributed by atoms with E-state index in [1.165, 1.54) is 31.2 Å². The smallest absolute Gasteiger partial charge is 0.253 e. The van der Waals surface area contributed by atoms with Gasteiger partial charge in [-0.15, -0.1) is 0 Å².